The molecule has 1 aliphatic heterocycles. The van der Waals surface area contributed by atoms with E-state index in [1.54, 1.807) is 42.7 Å². The molecule has 3 aromatic carbocycles. The van der Waals surface area contributed by atoms with Gasteiger partial charge in [0.1, 0.15) is 17.6 Å². The Kier molecular flexibility index (Phi) is 8.16. The molecule has 2 N–H and O–H groups in total. The molecule has 7 nitrogen and oxygen atoms in total. The lowest BCUT2D eigenvalue weighted by Crippen LogP contribution is -2.36. The van der Waals surface area contributed by atoms with Crippen molar-refractivity contribution in [3.05, 3.63) is 114 Å². The predicted molar refractivity (Wildman–Crippen MR) is 150 cm³/mol. The quantitative estimate of drug-likeness (QED) is 0.286. The molecule has 0 radical (unpaired) electrons. The van der Waals surface area contributed by atoms with Crippen molar-refractivity contribution in [3.63, 3.8) is 0 Å². The number of nitrogens with one attached hydrogen (secondary N) is 1. The molecule has 0 aliphatic carbocycles. The van der Waals surface area contributed by atoms with Crippen LogP contribution in [0, 0.1) is 0 Å². The van der Waals surface area contributed by atoms with Gasteiger partial charge < -0.3 is 15.2 Å². The third kappa shape index (κ3) is 6.60. The molecule has 8 heteroatoms. The molecule has 0 saturated carbocycles. The van der Waals surface area contributed by atoms with Crippen molar-refractivity contribution in [2.24, 2.45) is 0 Å². The van der Waals surface area contributed by atoms with Crippen LogP contribution in [-0.2, 0) is 16.3 Å². The minimum absolute atomic E-state index is 0.0157. The number of fused-ring (bicyclic) bond motifs is 1. The van der Waals surface area contributed by atoms with E-state index in [9.17, 15) is 18.3 Å². The van der Waals surface area contributed by atoms with Crippen molar-refractivity contribution < 1.29 is 23.1 Å². The van der Waals surface area contributed by atoms with E-state index in [2.05, 4.69) is 16.4 Å². The topological polar surface area (TPSA) is 106 Å². The van der Waals surface area contributed by atoms with Gasteiger partial charge in [-0.15, -0.1) is 0 Å². The Balaban J connectivity index is 1.17. The van der Waals surface area contributed by atoms with E-state index in [0.717, 1.165) is 40.8 Å². The second-order valence-electron chi connectivity index (χ2n) is 9.63. The fourth-order valence-corrected chi connectivity index (χ4v) is 5.91. The monoisotopic (exact) mass is 542 g/mol. The van der Waals surface area contributed by atoms with Gasteiger partial charge in [-0.1, -0.05) is 54.6 Å². The Morgan fingerprint density at radius 2 is 1.77 bits per heavy atom. The third-order valence-corrected chi connectivity index (χ3v) is 8.46. The smallest absolute Gasteiger partial charge is 0.185 e. The Bertz CT molecular complexity index is 1520. The molecule has 2 atom stereocenters. The summed E-state index contributed by atoms with van der Waals surface area (Å²) < 4.78 is 31.3. The molecular formula is C31H30N2O5S. The normalized spacial score (nSPS) is 15.7. The van der Waals surface area contributed by atoms with Crippen LogP contribution in [-0.4, -0.2) is 49.2 Å². The van der Waals surface area contributed by atoms with Gasteiger partial charge in [0.05, 0.1) is 11.0 Å². The van der Waals surface area contributed by atoms with Gasteiger partial charge in [-0.2, -0.15) is 0 Å². The van der Waals surface area contributed by atoms with Crippen molar-refractivity contribution in [1.29, 1.82) is 0 Å². The van der Waals surface area contributed by atoms with E-state index in [1.807, 2.05) is 36.4 Å². The average Bonchev–Trinajstić information content (AvgIpc) is 2.97. The predicted octanol–water partition coefficient (Wildman–Crippen LogP) is 4.42. The first-order valence-electron chi connectivity index (χ1n) is 12.9. The second-order valence-corrected chi connectivity index (χ2v) is 11.6. The van der Waals surface area contributed by atoms with Crippen LogP contribution < -0.4 is 10.1 Å². The van der Waals surface area contributed by atoms with E-state index in [4.69, 9.17) is 4.74 Å². The lowest BCUT2D eigenvalue weighted by Gasteiger charge is -2.27. The summed E-state index contributed by atoms with van der Waals surface area (Å²) >= 11 is 0. The molecule has 0 amide bonds. The van der Waals surface area contributed by atoms with Crippen molar-refractivity contribution in [2.45, 2.75) is 29.9 Å². The van der Waals surface area contributed by atoms with Gasteiger partial charge in [-0.25, -0.2) is 8.42 Å². The summed E-state index contributed by atoms with van der Waals surface area (Å²) in [6.45, 7) is 1.06. The molecular weight excluding hydrogens is 512 g/mol. The number of nitrogens with zero attached hydrogens (tertiary/aromatic N) is 1. The van der Waals surface area contributed by atoms with Crippen molar-refractivity contribution in [3.8, 4) is 16.9 Å². The highest BCUT2D eigenvalue weighted by Gasteiger charge is 2.22. The summed E-state index contributed by atoms with van der Waals surface area (Å²) in [6.07, 6.45) is 4.47. The number of Topliss-reactive ketones (excluding diaryl/α,β-unsaturated/α-hetero) is 1. The first-order valence-corrected chi connectivity index (χ1v) is 14.5. The highest BCUT2D eigenvalue weighted by molar-refractivity contribution is 7.92. The number of hydrogen-bond acceptors (Lipinski definition) is 7. The summed E-state index contributed by atoms with van der Waals surface area (Å²) in [7, 11) is -3.69. The molecule has 4 aromatic rings. The minimum atomic E-state index is -3.69. The van der Waals surface area contributed by atoms with Crippen molar-refractivity contribution >= 4 is 15.6 Å². The van der Waals surface area contributed by atoms with E-state index in [0.29, 0.717) is 18.7 Å². The summed E-state index contributed by atoms with van der Waals surface area (Å²) in [4.78, 5) is 16.9. The fraction of sp³-hybridized carbons (Fsp3) is 0.226. The summed E-state index contributed by atoms with van der Waals surface area (Å²) in [6, 6.07) is 24.8. The average molecular weight is 543 g/mol. The lowest BCUT2D eigenvalue weighted by atomic mass is 9.96. The number of ether oxygens (including phenoxy) is 1. The molecule has 2 heterocycles. The van der Waals surface area contributed by atoms with Gasteiger partial charge >= 0.3 is 0 Å². The maximum atomic E-state index is 12.7. The molecule has 1 aliphatic rings. The number of aryl methyl sites for hydroxylation is 1. The Morgan fingerprint density at radius 1 is 1.00 bits per heavy atom. The lowest BCUT2D eigenvalue weighted by molar-refractivity contribution is 0.102. The molecule has 0 spiro atoms. The Morgan fingerprint density at radius 3 is 2.51 bits per heavy atom. The zero-order chi connectivity index (χ0) is 27.2. The standard InChI is InChI=1S/C31H30N2O5S/c34-29(26-5-4-16-32-18-26)20-33-19-27-14-12-25-17-24(13-15-31(25)38-27)22-8-10-23(11-9-22)30(35)21-39(36,37)28-6-2-1-3-7-28/h1-11,13,15-18,27,29,33-34H,12,14,19-21H2/t27-,29-/m1/s1. The summed E-state index contributed by atoms with van der Waals surface area (Å²) in [5.41, 5.74) is 4.21. The minimum Gasteiger partial charge on any atom is -0.489 e. The van der Waals surface area contributed by atoms with E-state index >= 15 is 0 Å². The number of carbonyl (C=O) groups excluding carboxylic acids is 1. The number of pyridine rings is 1. The number of aromatic nitrogens is 1. The van der Waals surface area contributed by atoms with Crippen molar-refractivity contribution in [2.75, 3.05) is 18.8 Å². The number of carbonyl (C=O) groups is 1. The van der Waals surface area contributed by atoms with Gasteiger partial charge in [-0.3, -0.25) is 9.78 Å². The first kappa shape index (κ1) is 26.7. The van der Waals surface area contributed by atoms with Crippen LogP contribution in [0.25, 0.3) is 11.1 Å². The zero-order valence-electron chi connectivity index (χ0n) is 21.4. The van der Waals surface area contributed by atoms with Gasteiger partial charge in [0.15, 0.2) is 15.6 Å². The number of benzene rings is 3. The van der Waals surface area contributed by atoms with Gasteiger partial charge in [0, 0.05) is 36.6 Å². The number of ketones is 1. The molecule has 5 rings (SSSR count). The van der Waals surface area contributed by atoms with Crippen LogP contribution in [0.4, 0.5) is 0 Å². The fourth-order valence-electron chi connectivity index (χ4n) is 4.66. The maximum Gasteiger partial charge on any atom is 0.185 e. The van der Waals surface area contributed by atoms with Gasteiger partial charge in [-0.05, 0) is 59.9 Å². The van der Waals surface area contributed by atoms with Crippen LogP contribution in [0.5, 0.6) is 5.75 Å². The molecule has 0 fully saturated rings. The van der Waals surface area contributed by atoms with E-state index in [1.165, 1.54) is 12.1 Å². The number of aliphatic hydroxyl groups excluding tert-OH is 1. The molecule has 0 bridgehead atoms. The Hall–Kier alpha value is -3.85. The number of rotatable bonds is 10. The zero-order valence-corrected chi connectivity index (χ0v) is 22.2. The van der Waals surface area contributed by atoms with Crippen LogP contribution >= 0.6 is 0 Å². The summed E-state index contributed by atoms with van der Waals surface area (Å²) in [5, 5.41) is 13.6. The maximum absolute atomic E-state index is 12.7. The largest absolute Gasteiger partial charge is 0.489 e. The van der Waals surface area contributed by atoms with E-state index < -0.39 is 27.5 Å². The SMILES string of the molecule is O=C(CS(=O)(=O)c1ccccc1)c1ccc(-c2ccc3c(c2)CC[C@H](CNC[C@@H](O)c2cccnc2)O3)cc1. The highest BCUT2D eigenvalue weighted by Crippen LogP contribution is 2.32. The number of sulfone groups is 1. The molecule has 200 valence electrons. The van der Waals surface area contributed by atoms with Crippen molar-refractivity contribution in [1.82, 2.24) is 10.3 Å². The highest BCUT2D eigenvalue weighted by atomic mass is 32.2. The van der Waals surface area contributed by atoms with E-state index in [-0.39, 0.29) is 11.0 Å². The first-order chi connectivity index (χ1) is 18.9. The molecule has 39 heavy (non-hydrogen) atoms. The van der Waals surface area contributed by atoms with Crippen LogP contribution in [0.3, 0.4) is 0 Å². The molecule has 0 saturated heterocycles. The molecule has 0 unspecified atom stereocenters. The molecule has 1 aromatic heterocycles. The number of hydrogen-bond donors (Lipinski definition) is 2. The van der Waals surface area contributed by atoms with Crippen LogP contribution in [0.15, 0.2) is 102 Å². The second kappa shape index (κ2) is 11.9. The Labute approximate surface area is 228 Å². The van der Waals surface area contributed by atoms with Crippen LogP contribution in [0.2, 0.25) is 0 Å². The number of aliphatic hydroxyl groups is 1. The van der Waals surface area contributed by atoms with Gasteiger partial charge in [0.25, 0.3) is 0 Å². The van der Waals surface area contributed by atoms with Crippen LogP contribution in [0.1, 0.15) is 34.0 Å². The van der Waals surface area contributed by atoms with Gasteiger partial charge in [0.2, 0.25) is 0 Å². The summed E-state index contributed by atoms with van der Waals surface area (Å²) in [5.74, 6) is -0.148. The third-order valence-electron chi connectivity index (χ3n) is 6.83.